The number of benzene rings is 1. The van der Waals surface area contributed by atoms with Gasteiger partial charge in [-0.3, -0.25) is 9.59 Å². The van der Waals surface area contributed by atoms with Gasteiger partial charge in [-0.1, -0.05) is 12.1 Å². The van der Waals surface area contributed by atoms with E-state index in [4.69, 9.17) is 0 Å². The lowest BCUT2D eigenvalue weighted by Crippen LogP contribution is -2.32. The van der Waals surface area contributed by atoms with Gasteiger partial charge in [-0.25, -0.2) is 4.98 Å². The number of nitrogens with zero attached hydrogens (tertiary/aromatic N) is 2. The number of aryl methyl sites for hydroxylation is 1. The van der Waals surface area contributed by atoms with Gasteiger partial charge in [-0.05, 0) is 24.6 Å². The van der Waals surface area contributed by atoms with Gasteiger partial charge in [0, 0.05) is 30.6 Å². The van der Waals surface area contributed by atoms with E-state index in [1.54, 1.807) is 6.07 Å². The Morgan fingerprint density at radius 1 is 1.41 bits per heavy atom. The van der Waals surface area contributed by atoms with E-state index in [0.717, 1.165) is 22.8 Å². The Labute approximate surface area is 158 Å². The summed E-state index contributed by atoms with van der Waals surface area (Å²) in [6, 6.07) is 4.89. The van der Waals surface area contributed by atoms with Gasteiger partial charge >= 0.3 is 6.18 Å². The summed E-state index contributed by atoms with van der Waals surface area (Å²) in [5.74, 6) is -0.996. The number of aromatic nitrogens is 1. The molecule has 0 spiro atoms. The Kier molecular flexibility index (Phi) is 5.50. The molecule has 2 amide bonds. The minimum atomic E-state index is -4.43. The fraction of sp³-hybridized carbons (Fsp3) is 0.389. The molecule has 5 nitrogen and oxygen atoms in total. The molecule has 1 aliphatic rings. The van der Waals surface area contributed by atoms with Crippen LogP contribution in [0.2, 0.25) is 0 Å². The van der Waals surface area contributed by atoms with Crippen LogP contribution in [0.5, 0.6) is 0 Å². The molecule has 27 heavy (non-hydrogen) atoms. The van der Waals surface area contributed by atoms with Crippen LogP contribution in [0.4, 0.5) is 13.2 Å². The highest BCUT2D eigenvalue weighted by molar-refractivity contribution is 7.09. The number of carbonyl (C=O) groups is 2. The molecule has 0 radical (unpaired) electrons. The first-order valence-electron chi connectivity index (χ1n) is 8.35. The third-order valence-electron chi connectivity index (χ3n) is 4.29. The average molecular weight is 397 g/mol. The van der Waals surface area contributed by atoms with Crippen LogP contribution in [0.3, 0.4) is 0 Å². The average Bonchev–Trinajstić information content (AvgIpc) is 3.18. The zero-order chi connectivity index (χ0) is 19.6. The van der Waals surface area contributed by atoms with E-state index in [1.807, 2.05) is 12.3 Å². The molecule has 2 aromatic rings. The van der Waals surface area contributed by atoms with Crippen LogP contribution >= 0.6 is 11.3 Å². The minimum Gasteiger partial charge on any atom is -0.349 e. The maximum Gasteiger partial charge on any atom is 0.416 e. The van der Waals surface area contributed by atoms with Crippen molar-refractivity contribution in [3.8, 4) is 0 Å². The van der Waals surface area contributed by atoms with Gasteiger partial charge in [-0.2, -0.15) is 13.2 Å². The van der Waals surface area contributed by atoms with E-state index < -0.39 is 17.7 Å². The zero-order valence-electron chi connectivity index (χ0n) is 14.5. The maximum atomic E-state index is 12.8. The highest BCUT2D eigenvalue weighted by atomic mass is 32.1. The third kappa shape index (κ3) is 4.85. The van der Waals surface area contributed by atoms with Crippen molar-refractivity contribution in [2.45, 2.75) is 32.6 Å². The summed E-state index contributed by atoms with van der Waals surface area (Å²) in [4.78, 5) is 30.1. The fourth-order valence-electron chi connectivity index (χ4n) is 2.96. The van der Waals surface area contributed by atoms with Crippen LogP contribution < -0.4 is 5.32 Å². The first kappa shape index (κ1) is 19.3. The molecule has 1 aromatic carbocycles. The number of alkyl halides is 3. The Morgan fingerprint density at radius 3 is 2.85 bits per heavy atom. The molecule has 0 saturated carbocycles. The Balaban J connectivity index is 1.58. The van der Waals surface area contributed by atoms with Crippen LogP contribution in [-0.2, 0) is 28.9 Å². The molecule has 1 aliphatic heterocycles. The lowest BCUT2D eigenvalue weighted by atomic mass is 10.1. The van der Waals surface area contributed by atoms with E-state index >= 15 is 0 Å². The van der Waals surface area contributed by atoms with Gasteiger partial charge in [0.1, 0.15) is 5.01 Å². The topological polar surface area (TPSA) is 62.3 Å². The van der Waals surface area contributed by atoms with E-state index in [2.05, 4.69) is 10.3 Å². The number of rotatable bonds is 5. The number of halogens is 3. The molecule has 1 fully saturated rings. The van der Waals surface area contributed by atoms with Crippen molar-refractivity contribution in [1.82, 2.24) is 15.2 Å². The van der Waals surface area contributed by atoms with Crippen LogP contribution in [0.25, 0.3) is 0 Å². The summed E-state index contributed by atoms with van der Waals surface area (Å²) >= 11 is 1.45. The fourth-order valence-corrected chi connectivity index (χ4v) is 3.67. The Hall–Kier alpha value is -2.42. The summed E-state index contributed by atoms with van der Waals surface area (Å²) in [7, 11) is 0. The van der Waals surface area contributed by atoms with Crippen molar-refractivity contribution in [1.29, 1.82) is 0 Å². The van der Waals surface area contributed by atoms with Crippen molar-refractivity contribution in [3.05, 3.63) is 51.5 Å². The predicted molar refractivity (Wildman–Crippen MR) is 93.7 cm³/mol. The molecular weight excluding hydrogens is 379 g/mol. The number of thiazole rings is 1. The number of amides is 2. The van der Waals surface area contributed by atoms with E-state index in [9.17, 15) is 22.8 Å². The highest BCUT2D eigenvalue weighted by Gasteiger charge is 2.35. The molecule has 0 bridgehead atoms. The van der Waals surface area contributed by atoms with Gasteiger partial charge in [0.05, 0.1) is 18.0 Å². The van der Waals surface area contributed by atoms with Crippen molar-refractivity contribution < 1.29 is 22.8 Å². The molecule has 1 aromatic heterocycles. The van der Waals surface area contributed by atoms with Gasteiger partial charge in [0.25, 0.3) is 0 Å². The first-order chi connectivity index (χ1) is 12.7. The van der Waals surface area contributed by atoms with E-state index in [0.29, 0.717) is 12.1 Å². The molecular formula is C18H18F3N3O2S. The first-order valence-corrected chi connectivity index (χ1v) is 9.23. The molecule has 2 heterocycles. The number of likely N-dealkylation sites (tertiary alicyclic amines) is 1. The number of hydrogen-bond acceptors (Lipinski definition) is 4. The molecule has 0 unspecified atom stereocenters. The molecule has 1 N–H and O–H groups in total. The van der Waals surface area contributed by atoms with Gasteiger partial charge in [0.2, 0.25) is 11.8 Å². The molecule has 1 saturated heterocycles. The number of carbonyl (C=O) groups excluding carboxylic acids is 2. The summed E-state index contributed by atoms with van der Waals surface area (Å²) in [6.45, 7) is 2.41. The van der Waals surface area contributed by atoms with Crippen LogP contribution in [0.1, 0.15) is 28.2 Å². The van der Waals surface area contributed by atoms with Gasteiger partial charge in [-0.15, -0.1) is 11.3 Å². The van der Waals surface area contributed by atoms with Crippen LogP contribution in [0.15, 0.2) is 29.6 Å². The third-order valence-corrected chi connectivity index (χ3v) is 5.26. The van der Waals surface area contributed by atoms with E-state index in [1.165, 1.54) is 22.3 Å². The predicted octanol–water partition coefficient (Wildman–Crippen LogP) is 3.14. The smallest absolute Gasteiger partial charge is 0.349 e. The minimum absolute atomic E-state index is 0.0538. The van der Waals surface area contributed by atoms with Gasteiger partial charge in [0.15, 0.2) is 0 Å². The summed E-state index contributed by atoms with van der Waals surface area (Å²) in [6.07, 6.45) is -4.37. The second-order valence-electron chi connectivity index (χ2n) is 6.47. The zero-order valence-corrected chi connectivity index (χ0v) is 15.4. The maximum absolute atomic E-state index is 12.8. The number of hydrogen-bond donors (Lipinski definition) is 1. The Morgan fingerprint density at radius 2 is 2.19 bits per heavy atom. The quantitative estimate of drug-likeness (QED) is 0.843. The lowest BCUT2D eigenvalue weighted by Gasteiger charge is -2.17. The number of nitrogens with one attached hydrogen (secondary N) is 1. The lowest BCUT2D eigenvalue weighted by molar-refractivity contribution is -0.137. The van der Waals surface area contributed by atoms with Crippen molar-refractivity contribution in [2.24, 2.45) is 5.92 Å². The standard InChI is InChI=1S/C18H18F3N3O2S/c1-11-10-27-15(23-11)7-22-17(26)13-6-16(25)24(9-13)8-12-3-2-4-14(5-12)18(19,20)21/h2-5,10,13H,6-9H2,1H3,(H,22,26)/t13-/m1/s1. The van der Waals surface area contributed by atoms with Crippen molar-refractivity contribution in [2.75, 3.05) is 6.54 Å². The summed E-state index contributed by atoms with van der Waals surface area (Å²) < 4.78 is 38.4. The summed E-state index contributed by atoms with van der Waals surface area (Å²) in [5.41, 5.74) is 0.518. The monoisotopic (exact) mass is 397 g/mol. The second-order valence-corrected chi connectivity index (χ2v) is 7.42. The Bertz CT molecular complexity index is 850. The SMILES string of the molecule is Cc1csc(CNC(=O)[C@@H]2CC(=O)N(Cc3cccc(C(F)(F)F)c3)C2)n1. The molecule has 144 valence electrons. The van der Waals surface area contributed by atoms with Crippen LogP contribution in [-0.4, -0.2) is 28.2 Å². The highest BCUT2D eigenvalue weighted by Crippen LogP contribution is 2.30. The van der Waals surface area contributed by atoms with E-state index in [-0.39, 0.29) is 31.3 Å². The van der Waals surface area contributed by atoms with Crippen molar-refractivity contribution in [3.63, 3.8) is 0 Å². The van der Waals surface area contributed by atoms with Crippen molar-refractivity contribution >= 4 is 23.2 Å². The molecule has 0 aliphatic carbocycles. The largest absolute Gasteiger partial charge is 0.416 e. The van der Waals surface area contributed by atoms with Gasteiger partial charge < -0.3 is 10.2 Å². The normalized spacial score (nSPS) is 17.4. The molecule has 1 atom stereocenters. The molecule has 9 heteroatoms. The second kappa shape index (κ2) is 7.67. The summed E-state index contributed by atoms with van der Waals surface area (Å²) in [5, 5.41) is 5.44. The van der Waals surface area contributed by atoms with Crippen LogP contribution in [0, 0.1) is 12.8 Å². The molecule has 3 rings (SSSR count).